The summed E-state index contributed by atoms with van der Waals surface area (Å²) in [5.74, 6) is 0.0257. The predicted octanol–water partition coefficient (Wildman–Crippen LogP) is 1.62. The standard InChI is InChI=1S/C22H26N4O2.C2H4O2/c27-15-22(12-23-13-22)20(28)26-10-4-8-21(14-26)9-7-17-11-24-19(25-18(17)21)16-5-2-1-3-6-16;1-2(3)4/h1-3,5-6,11,23,27H,4,7-10,12-15H2;1H3,(H,3,4). The van der Waals surface area contributed by atoms with Crippen molar-refractivity contribution >= 4 is 11.9 Å². The third kappa shape index (κ3) is 4.12. The van der Waals surface area contributed by atoms with Crippen LogP contribution in [0.5, 0.6) is 0 Å². The number of carbonyl (C=O) groups excluding carboxylic acids is 1. The van der Waals surface area contributed by atoms with E-state index in [2.05, 4.69) is 10.3 Å². The van der Waals surface area contributed by atoms with Crippen molar-refractivity contribution in [1.82, 2.24) is 20.2 Å². The first kappa shape index (κ1) is 22.4. The number of aliphatic hydroxyl groups is 1. The van der Waals surface area contributed by atoms with Crippen molar-refractivity contribution in [2.24, 2.45) is 5.41 Å². The number of aliphatic hydroxyl groups excluding tert-OH is 1. The molecule has 3 heterocycles. The van der Waals surface area contributed by atoms with Crippen molar-refractivity contribution in [2.75, 3.05) is 32.8 Å². The number of carboxylic acid groups (broad SMARTS) is 1. The van der Waals surface area contributed by atoms with E-state index in [1.807, 2.05) is 41.4 Å². The number of amides is 1. The van der Waals surface area contributed by atoms with Crippen molar-refractivity contribution < 1.29 is 19.8 Å². The molecule has 1 spiro atoms. The first-order valence-electron chi connectivity index (χ1n) is 11.1. The number of nitrogens with one attached hydrogen (secondary N) is 1. The zero-order chi connectivity index (χ0) is 22.8. The van der Waals surface area contributed by atoms with E-state index in [0.717, 1.165) is 56.2 Å². The molecule has 2 aromatic rings. The molecule has 3 N–H and O–H groups in total. The third-order valence-electron chi connectivity index (χ3n) is 6.82. The smallest absolute Gasteiger partial charge is 0.300 e. The molecule has 1 unspecified atom stereocenters. The Morgan fingerprint density at radius 2 is 1.91 bits per heavy atom. The van der Waals surface area contributed by atoms with Gasteiger partial charge >= 0.3 is 0 Å². The summed E-state index contributed by atoms with van der Waals surface area (Å²) >= 11 is 0. The average Bonchev–Trinajstić information content (AvgIpc) is 3.10. The van der Waals surface area contributed by atoms with Gasteiger partial charge in [0, 0.05) is 50.3 Å². The molecule has 5 rings (SSSR count). The Balaban J connectivity index is 0.000000567. The minimum absolute atomic E-state index is 0.0798. The van der Waals surface area contributed by atoms with Crippen molar-refractivity contribution in [3.63, 3.8) is 0 Å². The van der Waals surface area contributed by atoms with Gasteiger partial charge in [0.1, 0.15) is 0 Å². The zero-order valence-electron chi connectivity index (χ0n) is 18.4. The summed E-state index contributed by atoms with van der Waals surface area (Å²) in [5, 5.41) is 20.4. The number of aromatic nitrogens is 2. The van der Waals surface area contributed by atoms with Gasteiger partial charge in [0.2, 0.25) is 5.91 Å². The largest absolute Gasteiger partial charge is 0.481 e. The summed E-state index contributed by atoms with van der Waals surface area (Å²) in [6, 6.07) is 10.1. The van der Waals surface area contributed by atoms with E-state index >= 15 is 0 Å². The molecule has 1 aromatic carbocycles. The van der Waals surface area contributed by atoms with Crippen LogP contribution in [0.1, 0.15) is 37.4 Å². The van der Waals surface area contributed by atoms with Crippen LogP contribution in [0.15, 0.2) is 36.5 Å². The van der Waals surface area contributed by atoms with E-state index in [0.29, 0.717) is 19.6 Å². The second kappa shape index (κ2) is 8.96. The van der Waals surface area contributed by atoms with Crippen LogP contribution >= 0.6 is 0 Å². The van der Waals surface area contributed by atoms with Gasteiger partial charge in [-0.2, -0.15) is 0 Å². The van der Waals surface area contributed by atoms with E-state index in [1.54, 1.807) is 0 Å². The lowest BCUT2D eigenvalue weighted by atomic mass is 9.75. The average molecular weight is 439 g/mol. The Kier molecular flexibility index (Phi) is 6.26. The molecule has 2 saturated heterocycles. The van der Waals surface area contributed by atoms with Gasteiger partial charge in [-0.05, 0) is 31.2 Å². The Morgan fingerprint density at radius 1 is 1.19 bits per heavy atom. The topological polar surface area (TPSA) is 116 Å². The molecule has 1 atom stereocenters. The molecular weight excluding hydrogens is 408 g/mol. The van der Waals surface area contributed by atoms with Gasteiger partial charge in [-0.3, -0.25) is 9.59 Å². The fraction of sp³-hybridized carbons (Fsp3) is 0.500. The molecule has 0 radical (unpaired) electrons. The van der Waals surface area contributed by atoms with Gasteiger partial charge in [0.25, 0.3) is 5.97 Å². The fourth-order valence-electron chi connectivity index (χ4n) is 5.06. The number of rotatable bonds is 3. The van der Waals surface area contributed by atoms with Crippen molar-refractivity contribution in [3.05, 3.63) is 47.8 Å². The van der Waals surface area contributed by atoms with Gasteiger partial charge in [-0.25, -0.2) is 9.97 Å². The maximum Gasteiger partial charge on any atom is 0.300 e. The Labute approximate surface area is 187 Å². The van der Waals surface area contributed by atoms with Crippen LogP contribution in [0.4, 0.5) is 0 Å². The number of nitrogens with zero attached hydrogens (tertiary/aromatic N) is 3. The number of carboxylic acids is 1. The SMILES string of the molecule is CC(=O)O.O=C(N1CCCC2(CCc3cnc(-c4ccccc4)nc32)C1)C1(CO)CNC1. The number of aryl methyl sites for hydroxylation is 1. The molecular formula is C24H30N4O4. The van der Waals surface area contributed by atoms with Crippen LogP contribution in [0.25, 0.3) is 11.4 Å². The quantitative estimate of drug-likeness (QED) is 0.667. The minimum atomic E-state index is -0.833. The van der Waals surface area contributed by atoms with Gasteiger partial charge in [0.15, 0.2) is 5.82 Å². The highest BCUT2D eigenvalue weighted by Crippen LogP contribution is 2.45. The summed E-state index contributed by atoms with van der Waals surface area (Å²) < 4.78 is 0. The molecule has 32 heavy (non-hydrogen) atoms. The first-order chi connectivity index (χ1) is 15.4. The normalized spacial score (nSPS) is 23.0. The number of benzene rings is 1. The molecule has 3 aliphatic rings. The molecule has 0 bridgehead atoms. The third-order valence-corrected chi connectivity index (χ3v) is 6.82. The van der Waals surface area contributed by atoms with Crippen molar-refractivity contribution in [1.29, 1.82) is 0 Å². The first-order valence-corrected chi connectivity index (χ1v) is 11.1. The molecule has 1 aromatic heterocycles. The highest BCUT2D eigenvalue weighted by molar-refractivity contribution is 5.85. The van der Waals surface area contributed by atoms with Crippen LogP contribution in [0.2, 0.25) is 0 Å². The molecule has 0 saturated carbocycles. The van der Waals surface area contributed by atoms with Crippen LogP contribution in [0, 0.1) is 5.41 Å². The Bertz CT molecular complexity index is 979. The van der Waals surface area contributed by atoms with Gasteiger partial charge in [0.05, 0.1) is 17.7 Å². The lowest BCUT2D eigenvalue weighted by Gasteiger charge is -2.47. The van der Waals surface area contributed by atoms with E-state index in [9.17, 15) is 9.90 Å². The van der Waals surface area contributed by atoms with Crippen molar-refractivity contribution in [2.45, 2.75) is 38.0 Å². The second-order valence-electron chi connectivity index (χ2n) is 9.11. The summed E-state index contributed by atoms with van der Waals surface area (Å²) in [6.07, 6.45) is 6.00. The van der Waals surface area contributed by atoms with Crippen LogP contribution < -0.4 is 5.32 Å². The summed E-state index contributed by atoms with van der Waals surface area (Å²) in [7, 11) is 0. The van der Waals surface area contributed by atoms with Crippen LogP contribution in [-0.4, -0.2) is 69.7 Å². The molecule has 1 amide bonds. The van der Waals surface area contributed by atoms with Gasteiger partial charge < -0.3 is 20.4 Å². The van der Waals surface area contributed by atoms with Crippen LogP contribution in [-0.2, 0) is 21.4 Å². The number of hydrogen-bond acceptors (Lipinski definition) is 6. The van der Waals surface area contributed by atoms with Gasteiger partial charge in [-0.1, -0.05) is 30.3 Å². The number of piperidine rings is 1. The number of aliphatic carboxylic acids is 1. The fourth-order valence-corrected chi connectivity index (χ4v) is 5.06. The Morgan fingerprint density at radius 3 is 2.53 bits per heavy atom. The molecule has 8 heteroatoms. The van der Waals surface area contributed by atoms with E-state index < -0.39 is 11.4 Å². The maximum absolute atomic E-state index is 13.2. The van der Waals surface area contributed by atoms with E-state index in [4.69, 9.17) is 14.9 Å². The summed E-state index contributed by atoms with van der Waals surface area (Å²) in [6.45, 7) is 3.62. The van der Waals surface area contributed by atoms with Gasteiger partial charge in [-0.15, -0.1) is 0 Å². The number of carbonyl (C=O) groups is 2. The maximum atomic E-state index is 13.2. The second-order valence-corrected chi connectivity index (χ2v) is 9.11. The monoisotopic (exact) mass is 438 g/mol. The van der Waals surface area contributed by atoms with Crippen molar-refractivity contribution in [3.8, 4) is 11.4 Å². The van der Waals surface area contributed by atoms with E-state index in [1.165, 1.54) is 5.56 Å². The summed E-state index contributed by atoms with van der Waals surface area (Å²) in [5.41, 5.74) is 2.67. The lowest BCUT2D eigenvalue weighted by molar-refractivity contribution is -0.150. The number of fused-ring (bicyclic) bond motifs is 2. The molecule has 2 aliphatic heterocycles. The number of hydrogen-bond donors (Lipinski definition) is 3. The number of likely N-dealkylation sites (tertiary alicyclic amines) is 1. The molecule has 2 fully saturated rings. The highest BCUT2D eigenvalue weighted by atomic mass is 16.4. The minimum Gasteiger partial charge on any atom is -0.481 e. The molecule has 8 nitrogen and oxygen atoms in total. The lowest BCUT2D eigenvalue weighted by Crippen LogP contribution is -2.65. The Hall–Kier alpha value is -2.84. The molecule has 170 valence electrons. The molecule has 1 aliphatic carbocycles. The predicted molar refractivity (Wildman–Crippen MR) is 119 cm³/mol. The highest BCUT2D eigenvalue weighted by Gasteiger charge is 2.50. The van der Waals surface area contributed by atoms with Crippen LogP contribution in [0.3, 0.4) is 0 Å². The summed E-state index contributed by atoms with van der Waals surface area (Å²) in [4.78, 5) is 33.7. The zero-order valence-corrected chi connectivity index (χ0v) is 18.4. The van der Waals surface area contributed by atoms with E-state index in [-0.39, 0.29) is 17.9 Å².